The number of nitrogens with zero attached hydrogens (tertiary/aromatic N) is 4. The van der Waals surface area contributed by atoms with Crippen LogP contribution >= 0.6 is 0 Å². The molecule has 0 radical (unpaired) electrons. The maximum absolute atomic E-state index is 13.1. The molecule has 28 heavy (non-hydrogen) atoms. The van der Waals surface area contributed by atoms with Crippen molar-refractivity contribution in [1.82, 2.24) is 18.8 Å². The average Bonchev–Trinajstić information content (AvgIpc) is 3.07. The first-order valence-electron chi connectivity index (χ1n) is 9.47. The number of aromatic nitrogens is 3. The van der Waals surface area contributed by atoms with Crippen LogP contribution in [0.25, 0.3) is 11.3 Å². The summed E-state index contributed by atoms with van der Waals surface area (Å²) in [6, 6.07) is 14.8. The summed E-state index contributed by atoms with van der Waals surface area (Å²) < 4.78 is 29.8. The third-order valence-corrected chi connectivity index (χ3v) is 7.31. The number of pyridine rings is 1. The van der Waals surface area contributed by atoms with E-state index in [0.717, 1.165) is 29.8 Å². The molecular weight excluding hydrogens is 372 g/mol. The van der Waals surface area contributed by atoms with Crippen LogP contribution in [0.1, 0.15) is 30.1 Å². The number of hydrogen-bond acceptors (Lipinski definition) is 4. The predicted molar refractivity (Wildman–Crippen MR) is 108 cm³/mol. The van der Waals surface area contributed by atoms with E-state index in [1.807, 2.05) is 54.3 Å². The van der Waals surface area contributed by atoms with Gasteiger partial charge in [-0.05, 0) is 31.9 Å². The van der Waals surface area contributed by atoms with Crippen LogP contribution in [0.3, 0.4) is 0 Å². The van der Waals surface area contributed by atoms with Crippen LogP contribution in [-0.4, -0.2) is 40.3 Å². The number of piperidine rings is 1. The molecule has 1 fully saturated rings. The highest BCUT2D eigenvalue weighted by Crippen LogP contribution is 2.31. The first-order valence-corrected chi connectivity index (χ1v) is 10.9. The largest absolute Gasteiger partial charge is 0.338 e. The molecule has 0 saturated carbocycles. The molecule has 1 saturated heterocycles. The van der Waals surface area contributed by atoms with Gasteiger partial charge in [0.25, 0.3) is 10.0 Å². The molecule has 0 atom stereocenters. The molecule has 1 aliphatic rings. The van der Waals surface area contributed by atoms with Crippen molar-refractivity contribution in [2.45, 2.75) is 30.7 Å². The Hall–Kier alpha value is -2.51. The molecule has 0 N–H and O–H groups in total. The molecule has 6 nitrogen and oxygen atoms in total. The van der Waals surface area contributed by atoms with Crippen molar-refractivity contribution in [3.8, 4) is 11.3 Å². The van der Waals surface area contributed by atoms with E-state index >= 15 is 0 Å². The fourth-order valence-corrected chi connectivity index (χ4v) is 5.16. The zero-order valence-corrected chi connectivity index (χ0v) is 16.9. The monoisotopic (exact) mass is 396 g/mol. The Balaban J connectivity index is 1.53. The number of hydrogen-bond donors (Lipinski definition) is 0. The number of aryl methyl sites for hydroxylation is 1. The summed E-state index contributed by atoms with van der Waals surface area (Å²) in [6.07, 6.45) is 3.37. The van der Waals surface area contributed by atoms with E-state index in [2.05, 4.69) is 16.9 Å². The number of rotatable bonds is 4. The van der Waals surface area contributed by atoms with Gasteiger partial charge in [0.05, 0.1) is 17.7 Å². The fourth-order valence-electron chi connectivity index (χ4n) is 3.74. The van der Waals surface area contributed by atoms with E-state index < -0.39 is 10.0 Å². The normalized spacial score (nSPS) is 16.4. The zero-order chi connectivity index (χ0) is 19.7. The van der Waals surface area contributed by atoms with Gasteiger partial charge in [0, 0.05) is 37.3 Å². The van der Waals surface area contributed by atoms with Gasteiger partial charge in [-0.15, -0.1) is 0 Å². The van der Waals surface area contributed by atoms with Gasteiger partial charge in [-0.2, -0.15) is 4.31 Å². The summed E-state index contributed by atoms with van der Waals surface area (Å²) in [5, 5.41) is 0.112. The van der Waals surface area contributed by atoms with E-state index in [-0.39, 0.29) is 5.03 Å². The molecule has 4 rings (SSSR count). The molecule has 1 aromatic carbocycles. The van der Waals surface area contributed by atoms with Crippen LogP contribution < -0.4 is 0 Å². The van der Waals surface area contributed by atoms with E-state index in [1.54, 1.807) is 16.4 Å². The number of sulfonamides is 1. The maximum atomic E-state index is 13.1. The van der Waals surface area contributed by atoms with Gasteiger partial charge in [0.15, 0.2) is 5.03 Å². The predicted octanol–water partition coefficient (Wildman–Crippen LogP) is 3.36. The Kier molecular flexibility index (Phi) is 5.03. The molecular formula is C21H24N4O2S. The number of imidazole rings is 1. The molecule has 146 valence electrons. The summed E-state index contributed by atoms with van der Waals surface area (Å²) in [7, 11) is -1.62. The first kappa shape index (κ1) is 18.8. The molecule has 0 unspecified atom stereocenters. The van der Waals surface area contributed by atoms with Crippen molar-refractivity contribution in [2.75, 3.05) is 13.1 Å². The Morgan fingerprint density at radius 3 is 2.36 bits per heavy atom. The molecule has 3 aromatic rings. The fraction of sp³-hybridized carbons (Fsp3) is 0.333. The minimum atomic E-state index is -3.61. The Labute approximate surface area is 165 Å². The first-order chi connectivity index (χ1) is 13.5. The van der Waals surface area contributed by atoms with Crippen molar-refractivity contribution in [1.29, 1.82) is 0 Å². The standard InChI is InChI=1S/C21H24N4O2S/c1-16-21(22-15-24(16)2)18-11-13-25(14-12-18)28(26,27)20-10-6-9-19(23-20)17-7-4-3-5-8-17/h3-10,15,18H,11-14H2,1-2H3. The molecule has 7 heteroatoms. The molecule has 1 aliphatic heterocycles. The lowest BCUT2D eigenvalue weighted by Crippen LogP contribution is -2.38. The third-order valence-electron chi connectivity index (χ3n) is 5.51. The molecule has 0 aliphatic carbocycles. The number of benzene rings is 1. The SMILES string of the molecule is Cc1c(C2CCN(S(=O)(=O)c3cccc(-c4ccccc4)n3)CC2)ncn1C. The summed E-state index contributed by atoms with van der Waals surface area (Å²) in [5.74, 6) is 0.302. The minimum Gasteiger partial charge on any atom is -0.338 e. The van der Waals surface area contributed by atoms with Crippen molar-refractivity contribution in [3.63, 3.8) is 0 Å². The van der Waals surface area contributed by atoms with Crippen molar-refractivity contribution in [3.05, 3.63) is 66.2 Å². The maximum Gasteiger partial charge on any atom is 0.260 e. The third kappa shape index (κ3) is 3.47. The van der Waals surface area contributed by atoms with Gasteiger partial charge in [-0.25, -0.2) is 18.4 Å². The van der Waals surface area contributed by atoms with Crippen LogP contribution in [0.15, 0.2) is 59.9 Å². The minimum absolute atomic E-state index is 0.112. The van der Waals surface area contributed by atoms with Crippen LogP contribution in [0.2, 0.25) is 0 Å². The van der Waals surface area contributed by atoms with Gasteiger partial charge in [0.2, 0.25) is 0 Å². The second kappa shape index (κ2) is 7.48. The summed E-state index contributed by atoms with van der Waals surface area (Å²) in [6.45, 7) is 3.03. The van der Waals surface area contributed by atoms with Gasteiger partial charge in [-0.3, -0.25) is 0 Å². The molecule has 0 amide bonds. The van der Waals surface area contributed by atoms with Crippen LogP contribution in [0.5, 0.6) is 0 Å². The van der Waals surface area contributed by atoms with Gasteiger partial charge in [-0.1, -0.05) is 36.4 Å². The topological polar surface area (TPSA) is 68.1 Å². The van der Waals surface area contributed by atoms with Gasteiger partial charge >= 0.3 is 0 Å². The smallest absolute Gasteiger partial charge is 0.260 e. The Bertz CT molecular complexity index is 1070. The highest BCUT2D eigenvalue weighted by atomic mass is 32.2. The van der Waals surface area contributed by atoms with E-state index in [1.165, 1.54) is 0 Å². The lowest BCUT2D eigenvalue weighted by atomic mass is 9.93. The van der Waals surface area contributed by atoms with E-state index in [4.69, 9.17) is 0 Å². The summed E-state index contributed by atoms with van der Waals surface area (Å²) in [4.78, 5) is 8.95. The second-order valence-corrected chi connectivity index (χ2v) is 9.12. The lowest BCUT2D eigenvalue weighted by Gasteiger charge is -2.30. The second-order valence-electron chi connectivity index (χ2n) is 7.23. The Morgan fingerprint density at radius 2 is 1.71 bits per heavy atom. The van der Waals surface area contributed by atoms with Crippen molar-refractivity contribution >= 4 is 10.0 Å². The molecule has 2 aromatic heterocycles. The molecule has 0 spiro atoms. The average molecular weight is 397 g/mol. The van der Waals surface area contributed by atoms with Crippen LogP contribution in [-0.2, 0) is 17.1 Å². The highest BCUT2D eigenvalue weighted by Gasteiger charge is 2.32. The van der Waals surface area contributed by atoms with Crippen LogP contribution in [0.4, 0.5) is 0 Å². The highest BCUT2D eigenvalue weighted by molar-refractivity contribution is 7.89. The summed E-state index contributed by atoms with van der Waals surface area (Å²) >= 11 is 0. The van der Waals surface area contributed by atoms with E-state index in [9.17, 15) is 8.42 Å². The molecule has 0 bridgehead atoms. The molecule has 3 heterocycles. The Morgan fingerprint density at radius 1 is 1.00 bits per heavy atom. The zero-order valence-electron chi connectivity index (χ0n) is 16.1. The van der Waals surface area contributed by atoms with Gasteiger partial charge in [0.1, 0.15) is 0 Å². The van der Waals surface area contributed by atoms with E-state index in [0.29, 0.717) is 24.7 Å². The van der Waals surface area contributed by atoms with Gasteiger partial charge < -0.3 is 4.57 Å². The van der Waals surface area contributed by atoms with Crippen molar-refractivity contribution < 1.29 is 8.42 Å². The summed E-state index contributed by atoms with van der Waals surface area (Å²) in [5.41, 5.74) is 3.81. The lowest BCUT2D eigenvalue weighted by molar-refractivity contribution is 0.315. The quantitative estimate of drug-likeness (QED) is 0.678. The van der Waals surface area contributed by atoms with Crippen LogP contribution in [0, 0.1) is 6.92 Å². The van der Waals surface area contributed by atoms with Crippen molar-refractivity contribution in [2.24, 2.45) is 7.05 Å².